The lowest BCUT2D eigenvalue weighted by atomic mass is 10.2. The summed E-state index contributed by atoms with van der Waals surface area (Å²) < 4.78 is 26.2. The Hall–Kier alpha value is -1.15. The molecule has 0 heterocycles. The second-order valence-corrected chi connectivity index (χ2v) is 7.13. The maximum absolute atomic E-state index is 11.5. The number of sulfone groups is 1. The van der Waals surface area contributed by atoms with Crippen LogP contribution in [0.4, 0.5) is 0 Å². The summed E-state index contributed by atoms with van der Waals surface area (Å²) in [5.74, 6) is -1.60. The van der Waals surface area contributed by atoms with Crippen molar-refractivity contribution in [1.29, 1.82) is 0 Å². The molecule has 1 unspecified atom stereocenters. The summed E-state index contributed by atoms with van der Waals surface area (Å²) >= 11 is 0. The van der Waals surface area contributed by atoms with Gasteiger partial charge in [-0.1, -0.05) is 0 Å². The molecule has 0 aliphatic heterocycles. The summed E-state index contributed by atoms with van der Waals surface area (Å²) in [5, 5.41) is 2.32. The zero-order valence-electron chi connectivity index (χ0n) is 11.0. The molecule has 0 aromatic heterocycles. The van der Waals surface area contributed by atoms with Gasteiger partial charge in [0.2, 0.25) is 5.91 Å². The lowest BCUT2D eigenvalue weighted by Crippen LogP contribution is -2.51. The zero-order chi connectivity index (χ0) is 14.6. The van der Waals surface area contributed by atoms with E-state index in [4.69, 9.17) is 5.73 Å². The molecule has 0 aromatic rings. The summed E-state index contributed by atoms with van der Waals surface area (Å²) in [6, 6.07) is -1.44. The largest absolute Gasteiger partial charge is 0.464 e. The van der Waals surface area contributed by atoms with Gasteiger partial charge in [0.05, 0.1) is 11.4 Å². The summed E-state index contributed by atoms with van der Waals surface area (Å²) in [6.07, 6.45) is 1.07. The number of rotatable bonds is 6. The fraction of sp³-hybridized carbons (Fsp3) is 0.800. The number of hydrogen-bond donors (Lipinski definition) is 2. The van der Waals surface area contributed by atoms with E-state index in [2.05, 4.69) is 10.1 Å². The molecule has 0 aromatic carbocycles. The summed E-state index contributed by atoms with van der Waals surface area (Å²) in [4.78, 5) is 22.7. The van der Waals surface area contributed by atoms with E-state index in [-0.39, 0.29) is 13.2 Å². The minimum Gasteiger partial charge on any atom is -0.464 e. The standard InChI is InChI=1S/C10H20N2O5S/c1-5-17-9(14)7(11)8(13)12-6-10(2,3)18(4,15)16/h7H,5-6,11H2,1-4H3,(H,12,13). The first-order chi connectivity index (χ1) is 8.03. The number of carbonyl (C=O) groups is 2. The highest BCUT2D eigenvalue weighted by Crippen LogP contribution is 2.13. The first kappa shape index (κ1) is 16.9. The van der Waals surface area contributed by atoms with Gasteiger partial charge in [0.25, 0.3) is 0 Å². The topological polar surface area (TPSA) is 116 Å². The molecule has 8 heteroatoms. The van der Waals surface area contributed by atoms with Crippen LogP contribution in [-0.2, 0) is 24.2 Å². The van der Waals surface area contributed by atoms with E-state index in [9.17, 15) is 18.0 Å². The molecule has 0 fully saturated rings. The molecule has 3 N–H and O–H groups in total. The second kappa shape index (κ2) is 6.14. The van der Waals surface area contributed by atoms with Crippen LogP contribution in [0.15, 0.2) is 0 Å². The van der Waals surface area contributed by atoms with Crippen LogP contribution >= 0.6 is 0 Å². The van der Waals surface area contributed by atoms with Crippen LogP contribution in [0, 0.1) is 0 Å². The number of nitrogens with one attached hydrogen (secondary N) is 1. The Bertz CT molecular complexity index is 416. The number of amides is 1. The molecule has 0 saturated carbocycles. The number of esters is 1. The Balaban J connectivity index is 4.48. The third kappa shape index (κ3) is 4.61. The van der Waals surface area contributed by atoms with Gasteiger partial charge in [-0.15, -0.1) is 0 Å². The van der Waals surface area contributed by atoms with Gasteiger partial charge in [-0.3, -0.25) is 4.79 Å². The van der Waals surface area contributed by atoms with Gasteiger partial charge in [-0.25, -0.2) is 13.2 Å². The van der Waals surface area contributed by atoms with E-state index in [0.717, 1.165) is 6.26 Å². The fourth-order valence-electron chi connectivity index (χ4n) is 0.880. The molecule has 0 rings (SSSR count). The highest BCUT2D eigenvalue weighted by molar-refractivity contribution is 7.92. The smallest absolute Gasteiger partial charge is 0.332 e. The molecule has 0 aliphatic carbocycles. The van der Waals surface area contributed by atoms with Crippen molar-refractivity contribution in [3.8, 4) is 0 Å². The normalized spacial score (nSPS) is 13.8. The first-order valence-electron chi connectivity index (χ1n) is 5.42. The van der Waals surface area contributed by atoms with Gasteiger partial charge in [0.1, 0.15) is 0 Å². The van der Waals surface area contributed by atoms with Gasteiger partial charge in [-0.2, -0.15) is 0 Å². The van der Waals surface area contributed by atoms with E-state index in [0.29, 0.717) is 0 Å². The molecule has 0 aliphatic rings. The van der Waals surface area contributed by atoms with Crippen molar-refractivity contribution in [3.63, 3.8) is 0 Å². The quantitative estimate of drug-likeness (QED) is 0.467. The van der Waals surface area contributed by atoms with Crippen LogP contribution in [0.25, 0.3) is 0 Å². The molecule has 18 heavy (non-hydrogen) atoms. The van der Waals surface area contributed by atoms with Crippen LogP contribution in [-0.4, -0.2) is 50.5 Å². The third-order valence-corrected chi connectivity index (χ3v) is 4.67. The Labute approximate surface area is 107 Å². The molecule has 1 atom stereocenters. The lowest BCUT2D eigenvalue weighted by Gasteiger charge is -2.23. The average molecular weight is 280 g/mol. The summed E-state index contributed by atoms with van der Waals surface area (Å²) in [5.41, 5.74) is 5.35. The first-order valence-corrected chi connectivity index (χ1v) is 7.31. The van der Waals surface area contributed by atoms with E-state index >= 15 is 0 Å². The highest BCUT2D eigenvalue weighted by Gasteiger charge is 2.32. The van der Waals surface area contributed by atoms with Gasteiger partial charge in [-0.05, 0) is 20.8 Å². The van der Waals surface area contributed by atoms with Crippen molar-refractivity contribution < 1.29 is 22.7 Å². The monoisotopic (exact) mass is 280 g/mol. The number of ether oxygens (including phenoxy) is 1. The number of carbonyl (C=O) groups excluding carboxylic acids is 2. The lowest BCUT2D eigenvalue weighted by molar-refractivity contribution is -0.148. The van der Waals surface area contributed by atoms with Crippen LogP contribution < -0.4 is 11.1 Å². The zero-order valence-corrected chi connectivity index (χ0v) is 11.8. The molecule has 1 amide bonds. The van der Waals surface area contributed by atoms with Crippen LogP contribution in [0.3, 0.4) is 0 Å². The van der Waals surface area contributed by atoms with Crippen molar-refractivity contribution in [1.82, 2.24) is 5.32 Å². The van der Waals surface area contributed by atoms with Crippen LogP contribution in [0.1, 0.15) is 20.8 Å². The predicted octanol–water partition coefficient (Wildman–Crippen LogP) is -1.18. The Morgan fingerprint density at radius 2 is 1.89 bits per heavy atom. The maximum atomic E-state index is 11.5. The molecular weight excluding hydrogens is 260 g/mol. The Morgan fingerprint density at radius 3 is 2.28 bits per heavy atom. The molecule has 0 bridgehead atoms. The van der Waals surface area contributed by atoms with Crippen molar-refractivity contribution >= 4 is 21.7 Å². The number of nitrogens with two attached hydrogens (primary N) is 1. The van der Waals surface area contributed by atoms with Gasteiger partial charge < -0.3 is 15.8 Å². The minimum absolute atomic E-state index is 0.120. The summed E-state index contributed by atoms with van der Waals surface area (Å²) in [6.45, 7) is 4.53. The van der Waals surface area contributed by atoms with E-state index in [1.807, 2.05) is 0 Å². The maximum Gasteiger partial charge on any atom is 0.332 e. The highest BCUT2D eigenvalue weighted by atomic mass is 32.2. The van der Waals surface area contributed by atoms with Crippen molar-refractivity contribution in [2.75, 3.05) is 19.4 Å². The molecule has 0 spiro atoms. The van der Waals surface area contributed by atoms with Crippen LogP contribution in [0.2, 0.25) is 0 Å². The summed E-state index contributed by atoms with van der Waals surface area (Å²) in [7, 11) is -3.33. The van der Waals surface area contributed by atoms with Crippen molar-refractivity contribution in [2.24, 2.45) is 5.73 Å². The predicted molar refractivity (Wildman–Crippen MR) is 66.5 cm³/mol. The minimum atomic E-state index is -3.33. The Morgan fingerprint density at radius 1 is 1.39 bits per heavy atom. The average Bonchev–Trinajstić information content (AvgIpc) is 2.23. The van der Waals surface area contributed by atoms with Crippen molar-refractivity contribution in [2.45, 2.75) is 31.6 Å². The number of hydrogen-bond acceptors (Lipinski definition) is 6. The van der Waals surface area contributed by atoms with Gasteiger partial charge in [0.15, 0.2) is 15.9 Å². The molecule has 0 saturated heterocycles. The molecule has 0 radical (unpaired) electrons. The third-order valence-electron chi connectivity index (χ3n) is 2.52. The Kier molecular flexibility index (Phi) is 5.75. The fourth-order valence-corrected chi connectivity index (χ4v) is 1.21. The molecular formula is C10H20N2O5S. The van der Waals surface area contributed by atoms with Crippen molar-refractivity contribution in [3.05, 3.63) is 0 Å². The van der Waals surface area contributed by atoms with Gasteiger partial charge >= 0.3 is 5.97 Å². The molecule has 106 valence electrons. The molecule has 7 nitrogen and oxygen atoms in total. The van der Waals surface area contributed by atoms with E-state index < -0.39 is 32.5 Å². The van der Waals surface area contributed by atoms with E-state index in [1.54, 1.807) is 6.92 Å². The second-order valence-electron chi connectivity index (χ2n) is 4.48. The van der Waals surface area contributed by atoms with E-state index in [1.165, 1.54) is 13.8 Å². The van der Waals surface area contributed by atoms with Gasteiger partial charge in [0, 0.05) is 12.8 Å². The van der Waals surface area contributed by atoms with Crippen LogP contribution in [0.5, 0.6) is 0 Å². The SMILES string of the molecule is CCOC(=O)C(N)C(=O)NCC(C)(C)S(C)(=O)=O.